The number of carbonyl (C=O) groups excluding carboxylic acids is 1. The van der Waals surface area contributed by atoms with Crippen molar-refractivity contribution in [2.75, 3.05) is 19.6 Å². The Bertz CT molecular complexity index is 745. The predicted octanol–water partition coefficient (Wildman–Crippen LogP) is 3.06. The van der Waals surface area contributed by atoms with E-state index in [1.165, 1.54) is 4.57 Å². The highest BCUT2D eigenvalue weighted by Gasteiger charge is 2.27. The minimum atomic E-state index is -0.194. The lowest BCUT2D eigenvalue weighted by Crippen LogP contribution is -2.39. The topological polar surface area (TPSA) is 71.0 Å². The molecule has 1 aromatic heterocycles. The lowest BCUT2D eigenvalue weighted by molar-refractivity contribution is 0.0900. The van der Waals surface area contributed by atoms with Crippen LogP contribution in [0.15, 0.2) is 17.4 Å². The fourth-order valence-corrected chi connectivity index (χ4v) is 3.79. The minimum absolute atomic E-state index is 0.0341. The van der Waals surface area contributed by atoms with Gasteiger partial charge in [-0.05, 0) is 46.1 Å². The van der Waals surface area contributed by atoms with Crippen LogP contribution in [0, 0.1) is 31.1 Å². The van der Waals surface area contributed by atoms with E-state index >= 15 is 0 Å². The number of aromatic nitrogens is 2. The van der Waals surface area contributed by atoms with Gasteiger partial charge in [-0.1, -0.05) is 13.0 Å². The number of rotatable bonds is 7. The number of allylic oxidation sites excluding steroid dienone is 1. The maximum absolute atomic E-state index is 12.8. The summed E-state index contributed by atoms with van der Waals surface area (Å²) < 4.78 is 3.14. The number of imidazole rings is 1. The molecule has 142 valence electrons. The molecule has 0 aromatic carbocycles. The Hall–Kier alpha value is -2.13. The molecule has 26 heavy (non-hydrogen) atoms. The summed E-state index contributed by atoms with van der Waals surface area (Å²) in [5.74, 6) is -0.108. The maximum Gasteiger partial charge on any atom is 0.335 e. The number of hydrogen-bond acceptors (Lipinski definition) is 4. The van der Waals surface area contributed by atoms with Gasteiger partial charge < -0.3 is 4.90 Å². The van der Waals surface area contributed by atoms with E-state index < -0.39 is 0 Å². The number of likely N-dealkylation sites (tertiary alicyclic amines) is 1. The molecule has 0 aliphatic carbocycles. The van der Waals surface area contributed by atoms with E-state index in [1.807, 2.05) is 18.4 Å². The summed E-state index contributed by atoms with van der Waals surface area (Å²) in [7, 11) is 0. The molecular weight excluding hydrogens is 328 g/mol. The van der Waals surface area contributed by atoms with Crippen molar-refractivity contribution < 1.29 is 4.79 Å². The number of hydrogen-bond donors (Lipinski definition) is 0. The highest BCUT2D eigenvalue weighted by atomic mass is 16.2. The van der Waals surface area contributed by atoms with E-state index in [2.05, 4.69) is 17.5 Å². The molecule has 0 amide bonds. The second-order valence-electron chi connectivity index (χ2n) is 7.12. The molecular formula is C20H30N4O2. The van der Waals surface area contributed by atoms with Crippen molar-refractivity contribution in [3.8, 4) is 6.07 Å². The Morgan fingerprint density at radius 3 is 2.54 bits per heavy atom. The average molecular weight is 358 g/mol. The zero-order valence-corrected chi connectivity index (χ0v) is 16.2. The van der Waals surface area contributed by atoms with Gasteiger partial charge in [0.15, 0.2) is 0 Å². The lowest BCUT2D eigenvalue weighted by atomic mass is 10.0. The van der Waals surface area contributed by atoms with Crippen molar-refractivity contribution in [3.05, 3.63) is 34.5 Å². The average Bonchev–Trinajstić information content (AvgIpc) is 2.87. The quantitative estimate of drug-likeness (QED) is 0.702. The zero-order chi connectivity index (χ0) is 19.3. The summed E-state index contributed by atoms with van der Waals surface area (Å²) >= 11 is 0. The van der Waals surface area contributed by atoms with Crippen LogP contribution in [0.3, 0.4) is 0 Å². The molecule has 1 saturated heterocycles. The Morgan fingerprint density at radius 1 is 1.35 bits per heavy atom. The van der Waals surface area contributed by atoms with Gasteiger partial charge >= 0.3 is 5.69 Å². The van der Waals surface area contributed by atoms with Crippen molar-refractivity contribution in [2.45, 2.75) is 58.9 Å². The first-order valence-electron chi connectivity index (χ1n) is 9.51. The fraction of sp³-hybridized carbons (Fsp3) is 0.650. The Labute approximate surface area is 155 Å². The highest BCUT2D eigenvalue weighted by molar-refractivity contribution is 5.79. The summed E-state index contributed by atoms with van der Waals surface area (Å²) in [6.45, 7) is 12.0. The van der Waals surface area contributed by atoms with Gasteiger partial charge in [-0.3, -0.25) is 9.36 Å². The van der Waals surface area contributed by atoms with E-state index in [0.29, 0.717) is 6.42 Å². The van der Waals surface area contributed by atoms with Gasteiger partial charge in [0, 0.05) is 36.9 Å². The van der Waals surface area contributed by atoms with Gasteiger partial charge in [0.05, 0.1) is 12.0 Å². The van der Waals surface area contributed by atoms with Crippen molar-refractivity contribution in [3.63, 3.8) is 0 Å². The van der Waals surface area contributed by atoms with Crippen LogP contribution in [0.1, 0.15) is 61.3 Å². The molecule has 1 aliphatic rings. The molecule has 1 unspecified atom stereocenters. The Balaban J connectivity index is 2.03. The van der Waals surface area contributed by atoms with Crippen LogP contribution >= 0.6 is 0 Å². The molecule has 0 radical (unpaired) electrons. The molecule has 2 heterocycles. The second kappa shape index (κ2) is 9.00. The van der Waals surface area contributed by atoms with Crippen molar-refractivity contribution in [2.24, 2.45) is 5.92 Å². The Kier molecular flexibility index (Phi) is 6.98. The van der Waals surface area contributed by atoms with Crippen molar-refractivity contribution >= 4 is 5.91 Å². The van der Waals surface area contributed by atoms with Gasteiger partial charge in [-0.15, -0.1) is 6.58 Å². The summed E-state index contributed by atoms with van der Waals surface area (Å²) in [5.41, 5.74) is 1.46. The van der Waals surface area contributed by atoms with Crippen LogP contribution in [0.5, 0.6) is 0 Å². The third kappa shape index (κ3) is 4.16. The van der Waals surface area contributed by atoms with E-state index in [9.17, 15) is 9.59 Å². The minimum Gasteiger partial charge on any atom is -0.303 e. The SMILES string of the molecule is C=CCC(C#N)CCN1CCC(n2c(C)c(C)n(C(=O)CC)c2=O)CC1. The van der Waals surface area contributed by atoms with Gasteiger partial charge in [0.25, 0.3) is 0 Å². The third-order valence-corrected chi connectivity index (χ3v) is 5.52. The van der Waals surface area contributed by atoms with Crippen LogP contribution in [0.2, 0.25) is 0 Å². The molecule has 0 spiro atoms. The highest BCUT2D eigenvalue weighted by Crippen LogP contribution is 2.24. The standard InChI is InChI=1S/C20H30N4O2/c1-5-7-17(14-21)8-11-22-12-9-18(10-13-22)23-15(3)16(4)24(20(23)26)19(25)6-2/h5,17-18H,1,6-13H2,2-4H3. The van der Waals surface area contributed by atoms with E-state index in [0.717, 1.165) is 56.7 Å². The first-order chi connectivity index (χ1) is 12.4. The van der Waals surface area contributed by atoms with Crippen LogP contribution in [-0.2, 0) is 0 Å². The summed E-state index contributed by atoms with van der Waals surface area (Å²) in [5, 5.41) is 9.15. The summed E-state index contributed by atoms with van der Waals surface area (Å²) in [6.07, 6.45) is 5.51. The lowest BCUT2D eigenvalue weighted by Gasteiger charge is -2.33. The van der Waals surface area contributed by atoms with Crippen LogP contribution in [0.25, 0.3) is 0 Å². The van der Waals surface area contributed by atoms with Crippen molar-refractivity contribution in [1.29, 1.82) is 5.26 Å². The van der Waals surface area contributed by atoms with Gasteiger partial charge in [0.2, 0.25) is 5.91 Å². The molecule has 0 N–H and O–H groups in total. The second-order valence-corrected chi connectivity index (χ2v) is 7.12. The number of nitrogens with zero attached hydrogens (tertiary/aromatic N) is 4. The zero-order valence-electron chi connectivity index (χ0n) is 16.2. The molecule has 0 bridgehead atoms. The number of nitriles is 1. The number of carbonyl (C=O) groups is 1. The molecule has 1 fully saturated rings. The predicted molar refractivity (Wildman–Crippen MR) is 102 cm³/mol. The van der Waals surface area contributed by atoms with Gasteiger partial charge in [-0.25, -0.2) is 9.36 Å². The molecule has 1 aliphatic heterocycles. The van der Waals surface area contributed by atoms with Crippen LogP contribution in [-0.4, -0.2) is 39.6 Å². The first-order valence-corrected chi connectivity index (χ1v) is 9.51. The maximum atomic E-state index is 12.8. The van der Waals surface area contributed by atoms with E-state index in [-0.39, 0.29) is 23.6 Å². The largest absolute Gasteiger partial charge is 0.335 e. The fourth-order valence-electron chi connectivity index (χ4n) is 3.79. The molecule has 1 aromatic rings. The molecule has 0 saturated carbocycles. The van der Waals surface area contributed by atoms with Crippen LogP contribution in [0.4, 0.5) is 0 Å². The third-order valence-electron chi connectivity index (χ3n) is 5.52. The van der Waals surface area contributed by atoms with E-state index in [1.54, 1.807) is 13.0 Å². The molecule has 6 nitrogen and oxygen atoms in total. The van der Waals surface area contributed by atoms with Gasteiger partial charge in [-0.2, -0.15) is 5.26 Å². The summed E-state index contributed by atoms with van der Waals surface area (Å²) in [4.78, 5) is 27.2. The molecule has 1 atom stereocenters. The summed E-state index contributed by atoms with van der Waals surface area (Å²) in [6, 6.07) is 2.48. The van der Waals surface area contributed by atoms with Gasteiger partial charge in [0.1, 0.15) is 0 Å². The van der Waals surface area contributed by atoms with Crippen LogP contribution < -0.4 is 5.69 Å². The van der Waals surface area contributed by atoms with Crippen molar-refractivity contribution in [1.82, 2.24) is 14.0 Å². The molecule has 6 heteroatoms. The molecule has 2 rings (SSSR count). The first kappa shape index (κ1) is 20.2. The monoisotopic (exact) mass is 358 g/mol. The smallest absolute Gasteiger partial charge is 0.303 e. The number of piperidine rings is 1. The normalized spacial score (nSPS) is 17.0. The Morgan fingerprint density at radius 2 is 2.00 bits per heavy atom. The van der Waals surface area contributed by atoms with E-state index in [4.69, 9.17) is 5.26 Å².